The van der Waals surface area contributed by atoms with E-state index in [2.05, 4.69) is 0 Å². The Kier molecular flexibility index (Phi) is 5.14. The molecule has 0 aliphatic carbocycles. The van der Waals surface area contributed by atoms with Gasteiger partial charge < -0.3 is 19.7 Å². The molecule has 0 radical (unpaired) electrons. The third-order valence-electron chi connectivity index (χ3n) is 4.19. The van der Waals surface area contributed by atoms with Crippen molar-refractivity contribution in [1.29, 1.82) is 0 Å². The minimum atomic E-state index is -1.03. The van der Waals surface area contributed by atoms with Gasteiger partial charge in [0.2, 0.25) is 0 Å². The van der Waals surface area contributed by atoms with Gasteiger partial charge in [-0.2, -0.15) is 0 Å². The highest BCUT2D eigenvalue weighted by Gasteiger charge is 2.19. The van der Waals surface area contributed by atoms with Gasteiger partial charge in [-0.25, -0.2) is 4.79 Å². The van der Waals surface area contributed by atoms with Crippen LogP contribution in [0.5, 0.6) is 5.75 Å². The Hall–Kier alpha value is -2.21. The summed E-state index contributed by atoms with van der Waals surface area (Å²) in [5.74, 6) is -0.883. The lowest BCUT2D eigenvalue weighted by Gasteiger charge is -2.14. The van der Waals surface area contributed by atoms with Crippen molar-refractivity contribution in [2.45, 2.75) is 13.1 Å². The van der Waals surface area contributed by atoms with Gasteiger partial charge in [0.15, 0.2) is 0 Å². The number of carbonyl (C=O) groups is 1. The molecule has 0 saturated carbocycles. The Labute approximate surface area is 161 Å². The number of carboxylic acids is 1. The molecule has 0 bridgehead atoms. The molecule has 2 aromatic carbocycles. The summed E-state index contributed by atoms with van der Waals surface area (Å²) in [4.78, 5) is 13.7. The minimum Gasteiger partial charge on any atom is -0.508 e. The van der Waals surface area contributed by atoms with Crippen molar-refractivity contribution in [2.75, 3.05) is 14.1 Å². The Bertz CT molecular complexity index is 996. The van der Waals surface area contributed by atoms with E-state index in [4.69, 9.17) is 23.2 Å². The topological polar surface area (TPSA) is 65.7 Å². The predicted octanol–water partition coefficient (Wildman–Crippen LogP) is 4.46. The van der Waals surface area contributed by atoms with E-state index in [1.54, 1.807) is 34.9 Å². The first-order valence-corrected chi connectivity index (χ1v) is 8.69. The van der Waals surface area contributed by atoms with E-state index in [1.165, 1.54) is 0 Å². The summed E-state index contributed by atoms with van der Waals surface area (Å²) in [5, 5.41) is 21.5. The number of benzene rings is 2. The van der Waals surface area contributed by atoms with Gasteiger partial charge in [-0.1, -0.05) is 29.3 Å². The lowest BCUT2D eigenvalue weighted by molar-refractivity contribution is 0.0686. The number of halogens is 2. The summed E-state index contributed by atoms with van der Waals surface area (Å²) in [6.07, 6.45) is 0. The van der Waals surface area contributed by atoms with Crippen LogP contribution in [0.4, 0.5) is 0 Å². The van der Waals surface area contributed by atoms with Crippen molar-refractivity contribution < 1.29 is 15.0 Å². The molecule has 2 N–H and O–H groups in total. The fourth-order valence-corrected chi connectivity index (χ4v) is 3.35. The van der Waals surface area contributed by atoms with Crippen molar-refractivity contribution in [3.8, 4) is 5.75 Å². The van der Waals surface area contributed by atoms with Crippen LogP contribution in [-0.2, 0) is 13.1 Å². The van der Waals surface area contributed by atoms with E-state index < -0.39 is 5.97 Å². The number of aromatic hydroxyl groups is 1. The van der Waals surface area contributed by atoms with Gasteiger partial charge in [0.05, 0.1) is 10.0 Å². The van der Waals surface area contributed by atoms with E-state index in [1.807, 2.05) is 25.1 Å². The van der Waals surface area contributed by atoms with E-state index in [9.17, 15) is 15.0 Å². The maximum Gasteiger partial charge on any atom is 0.352 e. The van der Waals surface area contributed by atoms with Crippen LogP contribution in [0.25, 0.3) is 10.9 Å². The summed E-state index contributed by atoms with van der Waals surface area (Å²) >= 11 is 12.0. The summed E-state index contributed by atoms with van der Waals surface area (Å²) in [6.45, 7) is 0.827. The fraction of sp³-hybridized carbons (Fsp3) is 0.211. The molecule has 136 valence electrons. The summed E-state index contributed by atoms with van der Waals surface area (Å²) in [6, 6.07) is 10.2. The number of aromatic nitrogens is 1. The molecular weight excluding hydrogens is 375 g/mol. The maximum absolute atomic E-state index is 11.8. The van der Waals surface area contributed by atoms with Crippen molar-refractivity contribution in [2.24, 2.45) is 0 Å². The van der Waals surface area contributed by atoms with Gasteiger partial charge in [-0.05, 0) is 50.0 Å². The highest BCUT2D eigenvalue weighted by Crippen LogP contribution is 2.32. The average molecular weight is 393 g/mol. The Balaban J connectivity index is 2.18. The Morgan fingerprint density at radius 1 is 1.12 bits per heavy atom. The maximum atomic E-state index is 11.8. The SMILES string of the molecule is CN(C)Cc1c(O)ccc2c1cc(C(=O)O)n2Cc1ccc(Cl)c(Cl)c1. The van der Waals surface area contributed by atoms with Gasteiger partial charge in [0, 0.05) is 29.6 Å². The highest BCUT2D eigenvalue weighted by molar-refractivity contribution is 6.42. The van der Waals surface area contributed by atoms with Crippen LogP contribution in [-0.4, -0.2) is 39.7 Å². The monoisotopic (exact) mass is 392 g/mol. The second-order valence-electron chi connectivity index (χ2n) is 6.40. The molecule has 0 amide bonds. The minimum absolute atomic E-state index is 0.148. The van der Waals surface area contributed by atoms with Crippen molar-refractivity contribution >= 4 is 40.1 Å². The van der Waals surface area contributed by atoms with Crippen molar-refractivity contribution in [3.05, 3.63) is 63.3 Å². The third kappa shape index (κ3) is 3.51. The summed E-state index contributed by atoms with van der Waals surface area (Å²) in [5.41, 5.74) is 2.42. The molecule has 0 unspecified atom stereocenters. The van der Waals surface area contributed by atoms with Gasteiger partial charge in [0.25, 0.3) is 0 Å². The Morgan fingerprint density at radius 2 is 1.85 bits per heavy atom. The lowest BCUT2D eigenvalue weighted by Crippen LogP contribution is -2.11. The van der Waals surface area contributed by atoms with Gasteiger partial charge >= 0.3 is 5.97 Å². The van der Waals surface area contributed by atoms with Crippen LogP contribution in [0.2, 0.25) is 10.0 Å². The number of rotatable bonds is 5. The van der Waals surface area contributed by atoms with E-state index in [0.29, 0.717) is 28.7 Å². The van der Waals surface area contributed by atoms with Gasteiger partial charge in [-0.3, -0.25) is 0 Å². The summed E-state index contributed by atoms with van der Waals surface area (Å²) in [7, 11) is 3.78. The number of aromatic carboxylic acids is 1. The Morgan fingerprint density at radius 3 is 2.46 bits per heavy atom. The molecule has 0 aliphatic rings. The zero-order valence-electron chi connectivity index (χ0n) is 14.3. The third-order valence-corrected chi connectivity index (χ3v) is 4.93. The standard InChI is InChI=1S/C19H18Cl2N2O3/c1-22(2)10-13-12-8-17(19(25)26)23(16(12)5-6-18(13)24)9-11-3-4-14(20)15(21)7-11/h3-8,24H,9-10H2,1-2H3,(H,25,26). The molecule has 1 aromatic heterocycles. The molecule has 0 atom stereocenters. The van der Waals surface area contributed by atoms with Crippen LogP contribution in [0.3, 0.4) is 0 Å². The number of hydrogen-bond donors (Lipinski definition) is 2. The zero-order chi connectivity index (χ0) is 19.0. The van der Waals surface area contributed by atoms with E-state index in [-0.39, 0.29) is 11.4 Å². The van der Waals surface area contributed by atoms with Crippen molar-refractivity contribution in [1.82, 2.24) is 9.47 Å². The van der Waals surface area contributed by atoms with Gasteiger partial charge in [0.1, 0.15) is 11.4 Å². The lowest BCUT2D eigenvalue weighted by atomic mass is 10.1. The zero-order valence-corrected chi connectivity index (χ0v) is 15.8. The molecule has 0 fully saturated rings. The number of hydrogen-bond acceptors (Lipinski definition) is 3. The normalized spacial score (nSPS) is 11.4. The molecule has 1 heterocycles. The number of nitrogens with zero attached hydrogens (tertiary/aromatic N) is 2. The highest BCUT2D eigenvalue weighted by atomic mass is 35.5. The molecular formula is C19H18Cl2N2O3. The van der Waals surface area contributed by atoms with E-state index >= 15 is 0 Å². The average Bonchev–Trinajstić information content (AvgIpc) is 2.92. The number of phenolic OH excluding ortho intramolecular Hbond substituents is 1. The van der Waals surface area contributed by atoms with Crippen LogP contribution in [0.15, 0.2) is 36.4 Å². The second-order valence-corrected chi connectivity index (χ2v) is 7.22. The first-order chi connectivity index (χ1) is 12.3. The molecule has 3 aromatic rings. The van der Waals surface area contributed by atoms with Crippen molar-refractivity contribution in [3.63, 3.8) is 0 Å². The molecule has 0 aliphatic heterocycles. The number of phenols is 1. The molecule has 3 rings (SSSR count). The second kappa shape index (κ2) is 7.19. The van der Waals surface area contributed by atoms with Crippen LogP contribution < -0.4 is 0 Å². The first kappa shape index (κ1) is 18.6. The molecule has 0 saturated heterocycles. The number of fused-ring (bicyclic) bond motifs is 1. The van der Waals surface area contributed by atoms with Crippen LogP contribution in [0, 0.1) is 0 Å². The first-order valence-electron chi connectivity index (χ1n) is 7.94. The predicted molar refractivity (Wildman–Crippen MR) is 104 cm³/mol. The van der Waals surface area contributed by atoms with Gasteiger partial charge in [-0.15, -0.1) is 0 Å². The number of carboxylic acid groups (broad SMARTS) is 1. The fourth-order valence-electron chi connectivity index (χ4n) is 3.03. The molecule has 0 spiro atoms. The molecule has 7 heteroatoms. The quantitative estimate of drug-likeness (QED) is 0.672. The smallest absolute Gasteiger partial charge is 0.352 e. The summed E-state index contributed by atoms with van der Waals surface area (Å²) < 4.78 is 1.70. The largest absolute Gasteiger partial charge is 0.508 e. The van der Waals surface area contributed by atoms with Crippen LogP contribution in [0.1, 0.15) is 21.6 Å². The molecule has 26 heavy (non-hydrogen) atoms. The van der Waals surface area contributed by atoms with Crippen LogP contribution >= 0.6 is 23.2 Å². The molecule has 5 nitrogen and oxygen atoms in total. The van der Waals surface area contributed by atoms with E-state index in [0.717, 1.165) is 16.5 Å².